The van der Waals surface area contributed by atoms with Crippen molar-refractivity contribution in [3.05, 3.63) is 23.7 Å². The Morgan fingerprint density at radius 2 is 2.17 bits per heavy atom. The highest BCUT2D eigenvalue weighted by atomic mass is 16.3. The van der Waals surface area contributed by atoms with E-state index in [1.807, 2.05) is 11.0 Å². The number of hydrogen-bond acceptors (Lipinski definition) is 4. The van der Waals surface area contributed by atoms with Crippen LogP contribution < -0.4 is 5.32 Å². The van der Waals surface area contributed by atoms with Crippen molar-refractivity contribution >= 4 is 5.91 Å². The lowest BCUT2D eigenvalue weighted by Gasteiger charge is -2.41. The van der Waals surface area contributed by atoms with Gasteiger partial charge in [0.15, 0.2) is 0 Å². The Hall–Kier alpha value is -1.80. The van der Waals surface area contributed by atoms with Crippen LogP contribution in [-0.4, -0.2) is 37.0 Å². The van der Waals surface area contributed by atoms with Crippen LogP contribution in [-0.2, 0) is 0 Å². The van der Waals surface area contributed by atoms with E-state index in [9.17, 15) is 4.79 Å². The first-order valence-electron chi connectivity index (χ1n) is 6.25. The number of furan rings is 1. The summed E-state index contributed by atoms with van der Waals surface area (Å²) in [4.78, 5) is 14.2. The van der Waals surface area contributed by atoms with Gasteiger partial charge in [-0.05, 0) is 37.4 Å². The number of piperidine rings is 2. The number of nitrogens with one attached hydrogen (secondary N) is 1. The van der Waals surface area contributed by atoms with Gasteiger partial charge in [0.2, 0.25) is 5.76 Å². The SMILES string of the molecule is N#Cc1ccoc1C(=O)N1CC2CNCC(C2)C1. The van der Waals surface area contributed by atoms with Gasteiger partial charge in [-0.3, -0.25) is 4.79 Å². The molecule has 2 aliphatic heterocycles. The van der Waals surface area contributed by atoms with E-state index < -0.39 is 0 Å². The molecule has 2 fully saturated rings. The molecule has 5 nitrogen and oxygen atoms in total. The van der Waals surface area contributed by atoms with Gasteiger partial charge in [0.25, 0.3) is 5.91 Å². The molecule has 3 rings (SSSR count). The van der Waals surface area contributed by atoms with Crippen LogP contribution in [0.2, 0.25) is 0 Å². The fraction of sp³-hybridized carbons (Fsp3) is 0.538. The van der Waals surface area contributed by atoms with Gasteiger partial charge in [0.05, 0.1) is 6.26 Å². The van der Waals surface area contributed by atoms with Gasteiger partial charge in [0.1, 0.15) is 11.6 Å². The van der Waals surface area contributed by atoms with Crippen molar-refractivity contribution in [3.8, 4) is 6.07 Å². The van der Waals surface area contributed by atoms with Crippen molar-refractivity contribution in [2.75, 3.05) is 26.2 Å². The summed E-state index contributed by atoms with van der Waals surface area (Å²) in [6.07, 6.45) is 2.60. The van der Waals surface area contributed by atoms with Gasteiger partial charge in [-0.1, -0.05) is 0 Å². The van der Waals surface area contributed by atoms with Gasteiger partial charge >= 0.3 is 0 Å². The highest BCUT2D eigenvalue weighted by molar-refractivity contribution is 5.93. The lowest BCUT2D eigenvalue weighted by Crippen LogP contribution is -2.52. The summed E-state index contributed by atoms with van der Waals surface area (Å²) in [5, 5.41) is 12.3. The Kier molecular flexibility index (Phi) is 2.80. The molecule has 0 radical (unpaired) electrons. The summed E-state index contributed by atoms with van der Waals surface area (Å²) in [5.74, 6) is 1.10. The average molecular weight is 245 g/mol. The first-order chi connectivity index (χ1) is 8.78. The van der Waals surface area contributed by atoms with E-state index in [1.165, 1.54) is 12.7 Å². The summed E-state index contributed by atoms with van der Waals surface area (Å²) in [6, 6.07) is 3.53. The van der Waals surface area contributed by atoms with Crippen LogP contribution in [0.4, 0.5) is 0 Å². The van der Waals surface area contributed by atoms with Crippen LogP contribution in [0.3, 0.4) is 0 Å². The highest BCUT2D eigenvalue weighted by Crippen LogP contribution is 2.26. The number of carbonyl (C=O) groups excluding carboxylic acids is 1. The summed E-state index contributed by atoms with van der Waals surface area (Å²) in [5.41, 5.74) is 0.328. The number of fused-ring (bicyclic) bond motifs is 2. The second-order valence-electron chi connectivity index (χ2n) is 5.11. The molecule has 2 saturated heterocycles. The largest absolute Gasteiger partial charge is 0.458 e. The molecule has 1 aromatic heterocycles. The molecule has 2 unspecified atom stereocenters. The Labute approximate surface area is 105 Å². The van der Waals surface area contributed by atoms with Crippen LogP contribution in [0, 0.1) is 23.2 Å². The van der Waals surface area contributed by atoms with E-state index in [0.29, 0.717) is 17.4 Å². The van der Waals surface area contributed by atoms with Crippen molar-refractivity contribution in [1.82, 2.24) is 10.2 Å². The minimum Gasteiger partial charge on any atom is -0.458 e. The molecule has 3 heterocycles. The summed E-state index contributed by atoms with van der Waals surface area (Å²) < 4.78 is 5.16. The van der Waals surface area contributed by atoms with E-state index in [0.717, 1.165) is 26.2 Å². The third-order valence-electron chi connectivity index (χ3n) is 3.76. The van der Waals surface area contributed by atoms with Crippen LogP contribution in [0.15, 0.2) is 16.7 Å². The van der Waals surface area contributed by atoms with Crippen LogP contribution in [0.1, 0.15) is 22.5 Å². The van der Waals surface area contributed by atoms with Crippen LogP contribution >= 0.6 is 0 Å². The summed E-state index contributed by atoms with van der Waals surface area (Å²) >= 11 is 0. The molecule has 2 atom stereocenters. The van der Waals surface area contributed by atoms with Crippen molar-refractivity contribution in [2.45, 2.75) is 6.42 Å². The first-order valence-corrected chi connectivity index (χ1v) is 6.25. The van der Waals surface area contributed by atoms with Gasteiger partial charge in [-0.2, -0.15) is 5.26 Å². The van der Waals surface area contributed by atoms with Crippen LogP contribution in [0.25, 0.3) is 0 Å². The molecule has 2 bridgehead atoms. The zero-order chi connectivity index (χ0) is 12.5. The summed E-state index contributed by atoms with van der Waals surface area (Å²) in [7, 11) is 0. The third kappa shape index (κ3) is 1.89. The molecule has 0 aromatic carbocycles. The number of nitrogens with zero attached hydrogens (tertiary/aromatic N) is 2. The molecule has 18 heavy (non-hydrogen) atoms. The van der Waals surface area contributed by atoms with Gasteiger partial charge in [0, 0.05) is 13.1 Å². The van der Waals surface area contributed by atoms with E-state index in [1.54, 1.807) is 6.07 Å². The maximum Gasteiger partial charge on any atom is 0.290 e. The smallest absolute Gasteiger partial charge is 0.290 e. The predicted octanol–water partition coefficient (Wildman–Crippen LogP) is 0.833. The second-order valence-corrected chi connectivity index (χ2v) is 5.11. The molecule has 0 aliphatic carbocycles. The Balaban J connectivity index is 1.79. The monoisotopic (exact) mass is 245 g/mol. The lowest BCUT2D eigenvalue weighted by molar-refractivity contribution is 0.0507. The highest BCUT2D eigenvalue weighted by Gasteiger charge is 2.34. The first kappa shape index (κ1) is 11.3. The maximum atomic E-state index is 12.3. The topological polar surface area (TPSA) is 69.3 Å². The standard InChI is InChI=1S/C13H15N3O2/c14-4-11-1-2-18-12(11)13(17)16-7-9-3-10(8-16)6-15-5-9/h1-2,9-10,15H,3,5-8H2. The average Bonchev–Trinajstić information content (AvgIpc) is 2.85. The molecule has 94 valence electrons. The Bertz CT molecular complexity index is 491. The number of carbonyl (C=O) groups is 1. The maximum absolute atomic E-state index is 12.3. The number of likely N-dealkylation sites (tertiary alicyclic amines) is 1. The third-order valence-corrected chi connectivity index (χ3v) is 3.76. The van der Waals surface area contributed by atoms with E-state index >= 15 is 0 Å². The number of hydrogen-bond donors (Lipinski definition) is 1. The summed E-state index contributed by atoms with van der Waals surface area (Å²) in [6.45, 7) is 3.47. The van der Waals surface area contributed by atoms with Crippen LogP contribution in [0.5, 0.6) is 0 Å². The van der Waals surface area contributed by atoms with E-state index in [4.69, 9.17) is 9.68 Å². The molecular formula is C13H15N3O2. The minimum absolute atomic E-state index is 0.145. The van der Waals surface area contributed by atoms with E-state index in [2.05, 4.69) is 5.32 Å². The zero-order valence-electron chi connectivity index (χ0n) is 10.1. The van der Waals surface area contributed by atoms with Gasteiger partial charge < -0.3 is 14.6 Å². The molecule has 1 aromatic rings. The predicted molar refractivity (Wildman–Crippen MR) is 63.8 cm³/mol. The lowest BCUT2D eigenvalue weighted by atomic mass is 9.86. The second kappa shape index (κ2) is 4.46. The minimum atomic E-state index is -0.145. The molecule has 5 heteroatoms. The molecule has 2 aliphatic rings. The molecule has 1 N–H and O–H groups in total. The van der Waals surface area contributed by atoms with E-state index in [-0.39, 0.29) is 11.7 Å². The molecule has 0 spiro atoms. The fourth-order valence-corrected chi connectivity index (χ4v) is 2.98. The van der Waals surface area contributed by atoms with Crippen molar-refractivity contribution in [3.63, 3.8) is 0 Å². The van der Waals surface area contributed by atoms with Crippen molar-refractivity contribution in [2.24, 2.45) is 11.8 Å². The molecule has 0 saturated carbocycles. The fourth-order valence-electron chi connectivity index (χ4n) is 2.98. The molecular weight excluding hydrogens is 230 g/mol. The quantitative estimate of drug-likeness (QED) is 0.795. The van der Waals surface area contributed by atoms with Crippen molar-refractivity contribution < 1.29 is 9.21 Å². The van der Waals surface area contributed by atoms with Gasteiger partial charge in [-0.25, -0.2) is 0 Å². The zero-order valence-corrected chi connectivity index (χ0v) is 10.1. The Morgan fingerprint density at radius 1 is 1.44 bits per heavy atom. The molecule has 1 amide bonds. The Morgan fingerprint density at radius 3 is 2.83 bits per heavy atom. The normalized spacial score (nSPS) is 26.7. The number of nitriles is 1. The number of amides is 1. The number of rotatable bonds is 1. The van der Waals surface area contributed by atoms with Gasteiger partial charge in [-0.15, -0.1) is 0 Å². The van der Waals surface area contributed by atoms with Crippen molar-refractivity contribution in [1.29, 1.82) is 5.26 Å².